The van der Waals surface area contributed by atoms with E-state index in [1.165, 1.54) is 25.7 Å². The lowest BCUT2D eigenvalue weighted by molar-refractivity contribution is 0.264. The Kier molecular flexibility index (Phi) is 2.13. The summed E-state index contributed by atoms with van der Waals surface area (Å²) >= 11 is 0. The fourth-order valence-electron chi connectivity index (χ4n) is 1.81. The predicted molar refractivity (Wildman–Crippen MR) is 43.6 cm³/mol. The van der Waals surface area contributed by atoms with E-state index in [-0.39, 0.29) is 6.61 Å². The van der Waals surface area contributed by atoms with E-state index in [1.54, 1.807) is 0 Å². The Labute approximate surface area is 71.4 Å². The van der Waals surface area contributed by atoms with E-state index in [9.17, 15) is 0 Å². The quantitative estimate of drug-likeness (QED) is 0.730. The van der Waals surface area contributed by atoms with E-state index >= 15 is 0 Å². The summed E-state index contributed by atoms with van der Waals surface area (Å²) in [5.74, 6) is 1.51. The summed E-state index contributed by atoms with van der Waals surface area (Å²) in [5, 5.41) is 12.5. The van der Waals surface area contributed by atoms with E-state index in [1.807, 2.05) is 6.07 Å². The molecule has 2 rings (SSSR count). The highest BCUT2D eigenvalue weighted by Crippen LogP contribution is 2.34. The molecule has 1 N–H and O–H groups in total. The number of nitrogens with zero attached hydrogens (tertiary/aromatic N) is 1. The van der Waals surface area contributed by atoms with Crippen LogP contribution in [0.2, 0.25) is 0 Å². The van der Waals surface area contributed by atoms with Crippen LogP contribution in [0.25, 0.3) is 0 Å². The van der Waals surface area contributed by atoms with Crippen molar-refractivity contribution in [3.05, 3.63) is 17.5 Å². The van der Waals surface area contributed by atoms with Crippen LogP contribution >= 0.6 is 0 Å². The second kappa shape index (κ2) is 3.27. The molecule has 66 valence electrons. The van der Waals surface area contributed by atoms with Crippen molar-refractivity contribution in [2.45, 2.75) is 38.2 Å². The Balaban J connectivity index is 2.11. The van der Waals surface area contributed by atoms with Crippen molar-refractivity contribution in [3.63, 3.8) is 0 Å². The van der Waals surface area contributed by atoms with Crippen molar-refractivity contribution in [2.24, 2.45) is 0 Å². The maximum atomic E-state index is 8.77. The standard InChI is InChI=1S/C9H13NO2/c11-6-8-5-9(12-10-8)7-3-1-2-4-7/h5,7,11H,1-4,6H2. The Morgan fingerprint density at radius 3 is 2.83 bits per heavy atom. The van der Waals surface area contributed by atoms with Crippen LogP contribution in [0.3, 0.4) is 0 Å². The van der Waals surface area contributed by atoms with Gasteiger partial charge in [-0.2, -0.15) is 0 Å². The first-order chi connectivity index (χ1) is 5.90. The predicted octanol–water partition coefficient (Wildman–Crippen LogP) is 1.82. The van der Waals surface area contributed by atoms with Crippen LogP contribution in [0, 0.1) is 0 Å². The number of aliphatic hydroxyl groups excluding tert-OH is 1. The average molecular weight is 167 g/mol. The van der Waals surface area contributed by atoms with Crippen molar-refractivity contribution in [3.8, 4) is 0 Å². The lowest BCUT2D eigenvalue weighted by Gasteiger charge is -2.00. The lowest BCUT2D eigenvalue weighted by atomic mass is 10.1. The third-order valence-corrected chi connectivity index (χ3v) is 2.50. The molecule has 0 radical (unpaired) electrons. The van der Waals surface area contributed by atoms with Gasteiger partial charge >= 0.3 is 0 Å². The van der Waals surface area contributed by atoms with Gasteiger partial charge in [-0.3, -0.25) is 0 Å². The highest BCUT2D eigenvalue weighted by atomic mass is 16.5. The second-order valence-electron chi connectivity index (χ2n) is 3.36. The van der Waals surface area contributed by atoms with Gasteiger partial charge in [0.25, 0.3) is 0 Å². The summed E-state index contributed by atoms with van der Waals surface area (Å²) in [7, 11) is 0. The number of aliphatic hydroxyl groups is 1. The van der Waals surface area contributed by atoms with Crippen molar-refractivity contribution in [1.82, 2.24) is 5.16 Å². The first-order valence-corrected chi connectivity index (χ1v) is 4.46. The largest absolute Gasteiger partial charge is 0.390 e. The van der Waals surface area contributed by atoms with Crippen LogP contribution in [0.15, 0.2) is 10.6 Å². The molecule has 0 atom stereocenters. The van der Waals surface area contributed by atoms with Gasteiger partial charge in [0.1, 0.15) is 11.5 Å². The van der Waals surface area contributed by atoms with Crippen molar-refractivity contribution in [1.29, 1.82) is 0 Å². The van der Waals surface area contributed by atoms with Crippen LogP contribution in [0.5, 0.6) is 0 Å². The minimum Gasteiger partial charge on any atom is -0.390 e. The molecule has 3 heteroatoms. The lowest BCUT2D eigenvalue weighted by Crippen LogP contribution is -1.88. The fraction of sp³-hybridized carbons (Fsp3) is 0.667. The molecular weight excluding hydrogens is 154 g/mol. The Bertz CT molecular complexity index is 251. The van der Waals surface area contributed by atoms with Gasteiger partial charge in [-0.05, 0) is 12.8 Å². The number of aromatic nitrogens is 1. The van der Waals surface area contributed by atoms with Gasteiger partial charge in [-0.15, -0.1) is 0 Å². The molecule has 0 aromatic carbocycles. The Morgan fingerprint density at radius 2 is 2.25 bits per heavy atom. The minimum atomic E-state index is -0.0176. The van der Waals surface area contributed by atoms with Crippen LogP contribution in [0.1, 0.15) is 43.1 Å². The molecule has 1 aromatic rings. The smallest absolute Gasteiger partial charge is 0.140 e. The summed E-state index contributed by atoms with van der Waals surface area (Å²) in [6, 6.07) is 1.87. The second-order valence-corrected chi connectivity index (χ2v) is 3.36. The first-order valence-electron chi connectivity index (χ1n) is 4.46. The molecule has 0 amide bonds. The van der Waals surface area contributed by atoms with Gasteiger partial charge in [-0.1, -0.05) is 18.0 Å². The number of hydrogen-bond donors (Lipinski definition) is 1. The number of rotatable bonds is 2. The van der Waals surface area contributed by atoms with Gasteiger partial charge in [0, 0.05) is 12.0 Å². The molecule has 0 aliphatic heterocycles. The van der Waals surface area contributed by atoms with Gasteiger partial charge in [0.15, 0.2) is 0 Å². The molecule has 0 bridgehead atoms. The Morgan fingerprint density at radius 1 is 1.50 bits per heavy atom. The van der Waals surface area contributed by atoms with E-state index in [0.717, 1.165) is 5.76 Å². The minimum absolute atomic E-state index is 0.0176. The van der Waals surface area contributed by atoms with Crippen LogP contribution < -0.4 is 0 Å². The van der Waals surface area contributed by atoms with Crippen LogP contribution in [-0.2, 0) is 6.61 Å². The van der Waals surface area contributed by atoms with E-state index in [0.29, 0.717) is 11.6 Å². The van der Waals surface area contributed by atoms with Crippen molar-refractivity contribution < 1.29 is 9.63 Å². The maximum Gasteiger partial charge on any atom is 0.140 e. The zero-order chi connectivity index (χ0) is 8.39. The summed E-state index contributed by atoms with van der Waals surface area (Å²) in [6.07, 6.45) is 5.00. The number of hydrogen-bond acceptors (Lipinski definition) is 3. The molecule has 1 aromatic heterocycles. The summed E-state index contributed by atoms with van der Waals surface area (Å²) < 4.78 is 5.13. The maximum absolute atomic E-state index is 8.77. The molecule has 1 fully saturated rings. The molecule has 1 aliphatic rings. The SMILES string of the molecule is OCc1cc(C2CCCC2)on1. The molecule has 1 aliphatic carbocycles. The van der Waals surface area contributed by atoms with Crippen molar-refractivity contribution >= 4 is 0 Å². The summed E-state index contributed by atoms with van der Waals surface area (Å²) in [5.41, 5.74) is 0.650. The third kappa shape index (κ3) is 1.37. The molecule has 3 nitrogen and oxygen atoms in total. The first kappa shape index (κ1) is 7.80. The molecule has 0 spiro atoms. The molecule has 1 heterocycles. The van der Waals surface area contributed by atoms with Crippen molar-refractivity contribution in [2.75, 3.05) is 0 Å². The molecule has 0 unspecified atom stereocenters. The monoisotopic (exact) mass is 167 g/mol. The van der Waals surface area contributed by atoms with Crippen LogP contribution in [0.4, 0.5) is 0 Å². The van der Waals surface area contributed by atoms with E-state index in [2.05, 4.69) is 5.16 Å². The zero-order valence-electron chi connectivity index (χ0n) is 6.99. The van der Waals surface area contributed by atoms with Gasteiger partial charge in [-0.25, -0.2) is 0 Å². The van der Waals surface area contributed by atoms with Gasteiger partial charge < -0.3 is 9.63 Å². The molecule has 12 heavy (non-hydrogen) atoms. The highest BCUT2D eigenvalue weighted by Gasteiger charge is 2.20. The average Bonchev–Trinajstić information content (AvgIpc) is 2.75. The Hall–Kier alpha value is -0.830. The fourth-order valence-corrected chi connectivity index (χ4v) is 1.81. The summed E-state index contributed by atoms with van der Waals surface area (Å²) in [4.78, 5) is 0. The topological polar surface area (TPSA) is 46.3 Å². The molecule has 0 saturated heterocycles. The van der Waals surface area contributed by atoms with Gasteiger partial charge in [0.2, 0.25) is 0 Å². The van der Waals surface area contributed by atoms with E-state index in [4.69, 9.17) is 9.63 Å². The zero-order valence-corrected chi connectivity index (χ0v) is 6.99. The highest BCUT2D eigenvalue weighted by molar-refractivity contribution is 5.10. The van der Waals surface area contributed by atoms with Crippen LogP contribution in [-0.4, -0.2) is 10.3 Å². The molecular formula is C9H13NO2. The molecule has 1 saturated carbocycles. The third-order valence-electron chi connectivity index (χ3n) is 2.50. The summed E-state index contributed by atoms with van der Waals surface area (Å²) in [6.45, 7) is -0.0176. The van der Waals surface area contributed by atoms with Gasteiger partial charge in [0.05, 0.1) is 6.61 Å². The van der Waals surface area contributed by atoms with E-state index < -0.39 is 0 Å². The normalized spacial score (nSPS) is 18.8.